The molecule has 2 aliphatic heterocycles. The summed E-state index contributed by atoms with van der Waals surface area (Å²) in [5.41, 5.74) is 7.52. The summed E-state index contributed by atoms with van der Waals surface area (Å²) in [6.07, 6.45) is 1.25. The van der Waals surface area contributed by atoms with Crippen molar-refractivity contribution < 1.29 is 27.9 Å². The summed E-state index contributed by atoms with van der Waals surface area (Å²) in [5, 5.41) is 22.4. The molecule has 5 rings (SSSR count). The van der Waals surface area contributed by atoms with Crippen LogP contribution >= 0.6 is 23.2 Å². The quantitative estimate of drug-likeness (QED) is 0.346. The third kappa shape index (κ3) is 7.95. The number of aromatic nitrogens is 4. The molecular formula is C29H33Cl2F3N8O3. The van der Waals surface area contributed by atoms with E-state index < -0.39 is 12.1 Å². The first-order valence-corrected chi connectivity index (χ1v) is 15.2. The largest absolute Gasteiger partial charge is 0.490 e. The molecule has 3 aromatic rings. The number of benzene rings is 1. The number of rotatable bonds is 7. The Bertz CT molecular complexity index is 1600. The molecule has 2 saturated heterocycles. The molecule has 2 aliphatic rings. The smallest absolute Gasteiger partial charge is 0.475 e. The van der Waals surface area contributed by atoms with Gasteiger partial charge < -0.3 is 15.7 Å². The molecule has 11 nitrogen and oxygen atoms in total. The van der Waals surface area contributed by atoms with Crippen molar-refractivity contribution in [1.29, 1.82) is 5.26 Å². The number of carboxylic acid groups (broad SMARTS) is 1. The van der Waals surface area contributed by atoms with Gasteiger partial charge in [0.05, 0.1) is 12.2 Å². The molecule has 1 unspecified atom stereocenters. The van der Waals surface area contributed by atoms with Crippen LogP contribution in [0, 0.1) is 17.2 Å². The number of aliphatic carboxylic acids is 1. The van der Waals surface area contributed by atoms with E-state index in [0.29, 0.717) is 45.6 Å². The standard InChI is InChI=1S/C27H32Cl2N8O.C2HF3O2/c1-16-15-35(11-9-23(16)36-10-3-4-19(36)6-8-24(31)38)25-14-32-26-22(13-30)34-37(27(26)33-25)17(2)20-7-5-18(28)12-21(20)29;3-2(4,5)1(6)7/h5,7,12,14,16-17,19,23H,3-4,6,8-11,15H2,1-2H3,(H2,31,38);(H,6,7)/t16-,17?,19+,23+;/m1./s1. The van der Waals surface area contributed by atoms with Crippen LogP contribution < -0.4 is 10.6 Å². The highest BCUT2D eigenvalue weighted by molar-refractivity contribution is 6.35. The Balaban J connectivity index is 0.000000591. The zero-order chi connectivity index (χ0) is 33.1. The second-order valence-electron chi connectivity index (χ2n) is 11.3. The fraction of sp³-hybridized carbons (Fsp3) is 0.517. The summed E-state index contributed by atoms with van der Waals surface area (Å²) in [5.74, 6) is -1.79. The van der Waals surface area contributed by atoms with Crippen LogP contribution in [0.1, 0.15) is 63.3 Å². The lowest BCUT2D eigenvalue weighted by atomic mass is 9.91. The molecule has 0 bridgehead atoms. The number of piperidine rings is 1. The zero-order valence-corrected chi connectivity index (χ0v) is 26.1. The number of carbonyl (C=O) groups is 2. The number of carboxylic acids is 1. The Morgan fingerprint density at radius 3 is 2.56 bits per heavy atom. The number of halogens is 5. The highest BCUT2D eigenvalue weighted by Crippen LogP contribution is 2.34. The van der Waals surface area contributed by atoms with Gasteiger partial charge in [0.1, 0.15) is 17.4 Å². The summed E-state index contributed by atoms with van der Waals surface area (Å²) in [4.78, 5) is 34.7. The normalized spacial score (nSPS) is 21.2. The number of hydrogen-bond acceptors (Lipinski definition) is 8. The van der Waals surface area contributed by atoms with Gasteiger partial charge in [0.2, 0.25) is 5.91 Å². The van der Waals surface area contributed by atoms with Gasteiger partial charge in [-0.25, -0.2) is 19.4 Å². The Hall–Kier alpha value is -3.67. The minimum absolute atomic E-state index is 0.222. The molecular weight excluding hydrogens is 636 g/mol. The number of alkyl halides is 3. The van der Waals surface area contributed by atoms with Crippen molar-refractivity contribution in [1.82, 2.24) is 24.6 Å². The first-order chi connectivity index (χ1) is 21.2. The number of hydrogen-bond donors (Lipinski definition) is 2. The van der Waals surface area contributed by atoms with Crippen molar-refractivity contribution in [2.75, 3.05) is 24.5 Å². The van der Waals surface area contributed by atoms with E-state index in [2.05, 4.69) is 32.9 Å². The van der Waals surface area contributed by atoms with Crippen molar-refractivity contribution >= 4 is 52.1 Å². The van der Waals surface area contributed by atoms with E-state index in [1.165, 1.54) is 6.42 Å². The summed E-state index contributed by atoms with van der Waals surface area (Å²) < 4.78 is 33.5. The summed E-state index contributed by atoms with van der Waals surface area (Å²) in [7, 11) is 0. The molecule has 45 heavy (non-hydrogen) atoms. The molecule has 2 fully saturated rings. The van der Waals surface area contributed by atoms with Crippen LogP contribution in [0.3, 0.4) is 0 Å². The molecule has 1 amide bonds. The molecule has 16 heteroatoms. The molecule has 0 spiro atoms. The number of amides is 1. The van der Waals surface area contributed by atoms with Crippen molar-refractivity contribution in [3.63, 3.8) is 0 Å². The van der Waals surface area contributed by atoms with Gasteiger partial charge in [-0.15, -0.1) is 0 Å². The van der Waals surface area contributed by atoms with Gasteiger partial charge in [0, 0.05) is 41.6 Å². The Morgan fingerprint density at radius 2 is 1.96 bits per heavy atom. The number of anilines is 1. The van der Waals surface area contributed by atoms with Crippen molar-refractivity contribution in [3.05, 3.63) is 45.7 Å². The third-order valence-corrected chi connectivity index (χ3v) is 8.84. The first kappa shape index (κ1) is 34.2. The van der Waals surface area contributed by atoms with Crippen molar-refractivity contribution in [2.24, 2.45) is 11.7 Å². The molecule has 0 radical (unpaired) electrons. The number of primary amides is 1. The van der Waals surface area contributed by atoms with Crippen molar-refractivity contribution in [3.8, 4) is 6.07 Å². The molecule has 242 valence electrons. The molecule has 3 N–H and O–H groups in total. The second-order valence-corrected chi connectivity index (χ2v) is 12.1. The monoisotopic (exact) mass is 668 g/mol. The molecule has 4 heterocycles. The van der Waals surface area contributed by atoms with Crippen LogP contribution in [0.15, 0.2) is 24.4 Å². The minimum atomic E-state index is -5.08. The predicted molar refractivity (Wildman–Crippen MR) is 162 cm³/mol. The van der Waals surface area contributed by atoms with Crippen LogP contribution in [0.4, 0.5) is 19.0 Å². The molecule has 4 atom stereocenters. The fourth-order valence-electron chi connectivity index (χ4n) is 6.12. The Morgan fingerprint density at radius 1 is 1.24 bits per heavy atom. The van der Waals surface area contributed by atoms with Gasteiger partial charge in [0.25, 0.3) is 0 Å². The van der Waals surface area contributed by atoms with E-state index in [-0.39, 0.29) is 17.6 Å². The maximum absolute atomic E-state index is 11.3. The number of likely N-dealkylation sites (tertiary alicyclic amines) is 1. The van der Waals surface area contributed by atoms with Crippen LogP contribution in [-0.2, 0) is 9.59 Å². The van der Waals surface area contributed by atoms with Crippen molar-refractivity contribution in [2.45, 2.75) is 70.3 Å². The number of fused-ring (bicyclic) bond motifs is 1. The first-order valence-electron chi connectivity index (χ1n) is 14.4. The molecule has 0 saturated carbocycles. The van der Waals surface area contributed by atoms with Gasteiger partial charge in [-0.05, 0) is 62.8 Å². The van der Waals surface area contributed by atoms with E-state index in [1.807, 2.05) is 13.0 Å². The summed E-state index contributed by atoms with van der Waals surface area (Å²) in [6, 6.07) is 8.13. The van der Waals surface area contributed by atoms with Gasteiger partial charge in [-0.2, -0.15) is 23.5 Å². The number of nitriles is 1. The lowest BCUT2D eigenvalue weighted by Gasteiger charge is -2.43. The second kappa shape index (κ2) is 14.2. The van der Waals surface area contributed by atoms with Gasteiger partial charge in [0.15, 0.2) is 11.3 Å². The molecule has 0 aliphatic carbocycles. The molecule has 1 aromatic carbocycles. The minimum Gasteiger partial charge on any atom is -0.475 e. The average molecular weight is 670 g/mol. The maximum Gasteiger partial charge on any atom is 0.490 e. The predicted octanol–water partition coefficient (Wildman–Crippen LogP) is 5.19. The van der Waals surface area contributed by atoms with E-state index in [0.717, 1.165) is 50.3 Å². The van der Waals surface area contributed by atoms with Gasteiger partial charge in [-0.3, -0.25) is 9.69 Å². The van der Waals surface area contributed by atoms with Crippen LogP contribution in [0.25, 0.3) is 11.2 Å². The number of nitrogens with two attached hydrogens (primary N) is 1. The number of carbonyl (C=O) groups excluding carboxylic acids is 1. The maximum atomic E-state index is 11.3. The number of nitrogens with zero attached hydrogens (tertiary/aromatic N) is 7. The third-order valence-electron chi connectivity index (χ3n) is 8.27. The summed E-state index contributed by atoms with van der Waals surface area (Å²) >= 11 is 12.6. The fourth-order valence-corrected chi connectivity index (χ4v) is 6.68. The lowest BCUT2D eigenvalue weighted by molar-refractivity contribution is -0.192. The van der Waals surface area contributed by atoms with E-state index in [9.17, 15) is 23.2 Å². The SMILES string of the molecule is CC(c1ccc(Cl)cc1Cl)n1nc(C#N)c2ncc(N3CC[C@H](N4CCC[C@H]4CCC(N)=O)[C@H](C)C3)nc21.O=C(O)C(F)(F)F. The van der Waals surface area contributed by atoms with E-state index >= 15 is 0 Å². The van der Waals surface area contributed by atoms with E-state index in [4.69, 9.17) is 43.8 Å². The highest BCUT2D eigenvalue weighted by atomic mass is 35.5. The van der Waals surface area contributed by atoms with Crippen LogP contribution in [0.5, 0.6) is 0 Å². The summed E-state index contributed by atoms with van der Waals surface area (Å²) in [6.45, 7) is 7.03. The zero-order valence-electron chi connectivity index (χ0n) is 24.6. The van der Waals surface area contributed by atoms with E-state index in [1.54, 1.807) is 23.0 Å². The van der Waals surface area contributed by atoms with Crippen LogP contribution in [-0.4, -0.2) is 79.5 Å². The molecule has 2 aromatic heterocycles. The Kier molecular flexibility index (Phi) is 10.8. The van der Waals surface area contributed by atoms with Gasteiger partial charge in [-0.1, -0.05) is 36.2 Å². The lowest BCUT2D eigenvalue weighted by Crippen LogP contribution is -2.52. The Labute approximate surface area is 267 Å². The van der Waals surface area contributed by atoms with Crippen LogP contribution in [0.2, 0.25) is 10.0 Å². The highest BCUT2D eigenvalue weighted by Gasteiger charge is 2.38. The van der Waals surface area contributed by atoms with Gasteiger partial charge >= 0.3 is 12.1 Å². The topological polar surface area (TPSA) is 154 Å². The average Bonchev–Trinajstić information content (AvgIpc) is 3.59.